The van der Waals surface area contributed by atoms with Crippen molar-refractivity contribution >= 4 is 16.9 Å². The highest BCUT2D eigenvalue weighted by Crippen LogP contribution is 2.42. The third-order valence-corrected chi connectivity index (χ3v) is 5.50. The van der Waals surface area contributed by atoms with E-state index in [9.17, 15) is 23.1 Å². The molecule has 1 heterocycles. The number of aromatic nitrogens is 1. The van der Waals surface area contributed by atoms with Crippen LogP contribution in [0, 0.1) is 5.92 Å². The Hall–Kier alpha value is -3.03. The second-order valence-electron chi connectivity index (χ2n) is 8.96. The molecule has 0 amide bonds. The number of halogens is 3. The lowest BCUT2D eigenvalue weighted by Crippen LogP contribution is -2.07. The highest BCUT2D eigenvalue weighted by Gasteiger charge is 2.38. The number of hydrogen-bond donors (Lipinski definition) is 1. The molecular weight excluding hydrogens is 447 g/mol. The molecule has 1 aromatic heterocycles. The maximum absolute atomic E-state index is 13.5. The summed E-state index contributed by atoms with van der Waals surface area (Å²) in [6.45, 7) is 8.02. The largest absolute Gasteiger partial charge is 0.481 e. The second kappa shape index (κ2) is 10.5. The number of alkyl halides is 3. The molecule has 0 atom stereocenters. The fraction of sp³-hybridized carbons (Fsp3) is 0.462. The minimum Gasteiger partial charge on any atom is -0.481 e. The molecule has 0 aliphatic rings. The monoisotopic (exact) mass is 477 g/mol. The Labute approximate surface area is 196 Å². The molecular formula is C26H30F3NO4. The average molecular weight is 478 g/mol. The predicted octanol–water partition coefficient (Wildman–Crippen LogP) is 7.37. The molecule has 0 saturated heterocycles. The predicted molar refractivity (Wildman–Crippen MR) is 123 cm³/mol. The number of rotatable bonds is 10. The van der Waals surface area contributed by atoms with Crippen molar-refractivity contribution in [3.05, 3.63) is 52.2 Å². The number of fused-ring (bicyclic) bond motifs is 1. The van der Waals surface area contributed by atoms with Gasteiger partial charge in [-0.2, -0.15) is 13.2 Å². The zero-order valence-electron chi connectivity index (χ0n) is 19.9. The summed E-state index contributed by atoms with van der Waals surface area (Å²) < 4.78 is 52.2. The van der Waals surface area contributed by atoms with Gasteiger partial charge in [0, 0.05) is 11.1 Å². The summed E-state index contributed by atoms with van der Waals surface area (Å²) in [6.07, 6.45) is -1.83. The van der Waals surface area contributed by atoms with Crippen molar-refractivity contribution in [3.63, 3.8) is 0 Å². The number of carboxylic acids is 1. The summed E-state index contributed by atoms with van der Waals surface area (Å²) in [5, 5.41) is 12.6. The molecule has 3 aromatic rings. The van der Waals surface area contributed by atoms with Crippen LogP contribution in [0.25, 0.3) is 11.0 Å². The van der Waals surface area contributed by atoms with Crippen molar-refractivity contribution in [1.82, 2.24) is 5.16 Å². The minimum absolute atomic E-state index is 0.0575. The van der Waals surface area contributed by atoms with Crippen molar-refractivity contribution < 1.29 is 32.3 Å². The van der Waals surface area contributed by atoms with Crippen LogP contribution in [0.1, 0.15) is 68.5 Å². The van der Waals surface area contributed by atoms with Gasteiger partial charge in [-0.05, 0) is 48.4 Å². The fourth-order valence-electron chi connectivity index (χ4n) is 4.16. The van der Waals surface area contributed by atoms with E-state index in [1.165, 1.54) is 6.07 Å². The Bertz CT molecular complexity index is 1170. The van der Waals surface area contributed by atoms with Crippen LogP contribution in [0.3, 0.4) is 0 Å². The molecule has 0 unspecified atom stereocenters. The van der Waals surface area contributed by atoms with Crippen molar-refractivity contribution in [2.45, 2.75) is 72.4 Å². The van der Waals surface area contributed by atoms with Crippen LogP contribution in [0.15, 0.2) is 28.8 Å². The van der Waals surface area contributed by atoms with Gasteiger partial charge in [0.25, 0.3) is 0 Å². The van der Waals surface area contributed by atoms with Gasteiger partial charge in [-0.1, -0.05) is 57.8 Å². The van der Waals surface area contributed by atoms with Crippen molar-refractivity contribution in [3.8, 4) is 11.5 Å². The standard InChI is InChI=1S/C26H30F3NO4/c1-5-7-18-13-20-24(34-30-25(20)26(27,28)29)19(8-6-2)23(18)33-21-12-16(11-15(3)4)9-10-17(21)14-22(31)32/h9-10,12-13,15H,5-8,11,14H2,1-4H3,(H,31,32). The Kier molecular flexibility index (Phi) is 7.89. The number of carbonyl (C=O) groups is 1. The van der Waals surface area contributed by atoms with Gasteiger partial charge in [0.05, 0.1) is 11.8 Å². The lowest BCUT2D eigenvalue weighted by atomic mass is 9.97. The number of nitrogens with zero attached hydrogens (tertiary/aromatic N) is 1. The highest BCUT2D eigenvalue weighted by molar-refractivity contribution is 5.86. The Balaban J connectivity index is 2.23. The average Bonchev–Trinajstić information content (AvgIpc) is 3.16. The van der Waals surface area contributed by atoms with Crippen LogP contribution >= 0.6 is 0 Å². The normalized spacial score (nSPS) is 12.0. The van der Waals surface area contributed by atoms with Crippen LogP contribution in [0.2, 0.25) is 0 Å². The number of aliphatic carboxylic acids is 1. The van der Waals surface area contributed by atoms with Gasteiger partial charge >= 0.3 is 12.1 Å². The van der Waals surface area contributed by atoms with Gasteiger partial charge in [0.15, 0.2) is 11.3 Å². The zero-order chi connectivity index (χ0) is 25.0. The quantitative estimate of drug-likeness (QED) is 0.330. The Morgan fingerprint density at radius 3 is 2.41 bits per heavy atom. The van der Waals surface area contributed by atoms with Gasteiger partial charge in [-0.15, -0.1) is 0 Å². The number of aryl methyl sites for hydroxylation is 2. The SMILES string of the molecule is CCCc1cc2c(C(F)(F)F)noc2c(CCC)c1Oc1cc(CC(C)C)ccc1CC(=O)O. The van der Waals surface area contributed by atoms with Gasteiger partial charge in [-0.25, -0.2) is 0 Å². The third kappa shape index (κ3) is 5.72. The van der Waals surface area contributed by atoms with Crippen LogP contribution in [-0.4, -0.2) is 16.2 Å². The molecule has 5 nitrogen and oxygen atoms in total. The summed E-state index contributed by atoms with van der Waals surface area (Å²) in [4.78, 5) is 11.5. The van der Waals surface area contributed by atoms with E-state index in [1.54, 1.807) is 6.07 Å². The lowest BCUT2D eigenvalue weighted by Gasteiger charge is -2.19. The number of benzene rings is 2. The molecule has 34 heavy (non-hydrogen) atoms. The molecule has 0 bridgehead atoms. The molecule has 0 saturated carbocycles. The lowest BCUT2D eigenvalue weighted by molar-refractivity contribution is -0.141. The summed E-state index contributed by atoms with van der Waals surface area (Å²) in [5.74, 6) is 0.208. The number of ether oxygens (including phenoxy) is 1. The molecule has 0 radical (unpaired) electrons. The van der Waals surface area contributed by atoms with Crippen LogP contribution in [0.5, 0.6) is 11.5 Å². The first-order valence-corrected chi connectivity index (χ1v) is 11.6. The summed E-state index contributed by atoms with van der Waals surface area (Å²) >= 11 is 0. The van der Waals surface area contributed by atoms with E-state index in [2.05, 4.69) is 19.0 Å². The van der Waals surface area contributed by atoms with E-state index in [-0.39, 0.29) is 17.4 Å². The van der Waals surface area contributed by atoms with Crippen LogP contribution in [-0.2, 0) is 36.7 Å². The second-order valence-corrected chi connectivity index (χ2v) is 8.96. The minimum atomic E-state index is -4.64. The highest BCUT2D eigenvalue weighted by atomic mass is 19.4. The van der Waals surface area contributed by atoms with Crippen molar-refractivity contribution in [2.75, 3.05) is 0 Å². The van der Waals surface area contributed by atoms with E-state index < -0.39 is 17.8 Å². The number of carboxylic acid groups (broad SMARTS) is 1. The van der Waals surface area contributed by atoms with Crippen LogP contribution in [0.4, 0.5) is 13.2 Å². The smallest absolute Gasteiger partial charge is 0.437 e. The van der Waals surface area contributed by atoms with Gasteiger partial charge < -0.3 is 14.4 Å². The first-order chi connectivity index (χ1) is 16.0. The number of hydrogen-bond acceptors (Lipinski definition) is 4. The fourth-order valence-corrected chi connectivity index (χ4v) is 4.16. The molecule has 0 aliphatic heterocycles. The third-order valence-electron chi connectivity index (χ3n) is 5.50. The first-order valence-electron chi connectivity index (χ1n) is 11.6. The molecule has 0 aliphatic carbocycles. The van der Waals surface area contributed by atoms with Crippen LogP contribution < -0.4 is 4.74 Å². The molecule has 2 aromatic carbocycles. The van der Waals surface area contributed by atoms with E-state index in [4.69, 9.17) is 9.26 Å². The van der Waals surface area contributed by atoms with Crippen molar-refractivity contribution in [1.29, 1.82) is 0 Å². The maximum Gasteiger partial charge on any atom is 0.437 e. The zero-order valence-corrected chi connectivity index (χ0v) is 19.9. The summed E-state index contributed by atoms with van der Waals surface area (Å²) in [7, 11) is 0. The van der Waals surface area contributed by atoms with Gasteiger partial charge in [-0.3, -0.25) is 4.79 Å². The molecule has 0 spiro atoms. The molecule has 0 fully saturated rings. The summed E-state index contributed by atoms with van der Waals surface area (Å²) in [6, 6.07) is 6.91. The summed E-state index contributed by atoms with van der Waals surface area (Å²) in [5.41, 5.74) is 1.63. The van der Waals surface area contributed by atoms with E-state index in [1.807, 2.05) is 26.0 Å². The topological polar surface area (TPSA) is 72.6 Å². The van der Waals surface area contributed by atoms with Crippen molar-refractivity contribution in [2.24, 2.45) is 5.92 Å². The van der Waals surface area contributed by atoms with Gasteiger partial charge in [0.1, 0.15) is 11.5 Å². The first kappa shape index (κ1) is 25.6. The Morgan fingerprint density at radius 1 is 1.12 bits per heavy atom. The molecule has 1 N–H and O–H groups in total. The van der Waals surface area contributed by atoms with E-state index in [0.29, 0.717) is 59.8 Å². The van der Waals surface area contributed by atoms with E-state index in [0.717, 1.165) is 12.0 Å². The maximum atomic E-state index is 13.5. The molecule has 8 heteroatoms. The molecule has 184 valence electrons. The van der Waals surface area contributed by atoms with E-state index >= 15 is 0 Å². The molecule has 3 rings (SSSR count). The van der Waals surface area contributed by atoms with Gasteiger partial charge in [0.2, 0.25) is 0 Å². The Morgan fingerprint density at radius 2 is 1.82 bits per heavy atom.